The zero-order chi connectivity index (χ0) is 12.8. The van der Waals surface area contributed by atoms with Crippen LogP contribution in [0.3, 0.4) is 0 Å². The Morgan fingerprint density at radius 2 is 2.11 bits per heavy atom. The first kappa shape index (κ1) is 11.9. The van der Waals surface area contributed by atoms with Gasteiger partial charge in [0.15, 0.2) is 0 Å². The first-order valence-corrected chi connectivity index (χ1v) is 7.36. The number of nitrogens with two attached hydrogens (primary N) is 1. The second-order valence-corrected chi connectivity index (χ2v) is 6.96. The summed E-state index contributed by atoms with van der Waals surface area (Å²) in [4.78, 5) is 0. The Kier molecular flexibility index (Phi) is 2.80. The molecule has 0 amide bonds. The molecule has 94 valence electrons. The molecule has 3 rings (SSSR count). The maximum atomic E-state index is 6.18. The summed E-state index contributed by atoms with van der Waals surface area (Å²) in [5, 5.41) is 3.51. The van der Waals surface area contributed by atoms with E-state index in [2.05, 4.69) is 49.6 Å². The van der Waals surface area contributed by atoms with Crippen LogP contribution in [0.5, 0.6) is 0 Å². The van der Waals surface area contributed by atoms with Gasteiger partial charge in [-0.05, 0) is 46.2 Å². The summed E-state index contributed by atoms with van der Waals surface area (Å²) in [6, 6.07) is 8.96. The Balaban J connectivity index is 2.12. The van der Waals surface area contributed by atoms with E-state index < -0.39 is 0 Å². The van der Waals surface area contributed by atoms with Crippen molar-refractivity contribution in [1.82, 2.24) is 0 Å². The van der Waals surface area contributed by atoms with Crippen LogP contribution >= 0.6 is 11.3 Å². The number of fused-ring (bicyclic) bond motifs is 1. The second-order valence-electron chi connectivity index (χ2n) is 6.05. The van der Waals surface area contributed by atoms with Gasteiger partial charge < -0.3 is 5.73 Å². The summed E-state index contributed by atoms with van der Waals surface area (Å²) >= 11 is 1.83. The molecule has 1 atom stereocenters. The molecule has 2 heteroatoms. The molecule has 0 spiro atoms. The second kappa shape index (κ2) is 4.22. The Bertz CT molecular complexity index is 606. The fourth-order valence-corrected chi connectivity index (χ4v) is 3.98. The molecule has 0 bridgehead atoms. The fourth-order valence-electron chi connectivity index (χ4n) is 3.03. The van der Waals surface area contributed by atoms with Crippen LogP contribution in [0.25, 0.3) is 15.7 Å². The highest BCUT2D eigenvalue weighted by Gasteiger charge is 2.28. The van der Waals surface area contributed by atoms with Crippen LogP contribution in [0.15, 0.2) is 35.7 Å². The SMILES string of the molecule is CC1(C)CC(c2cccc3ccsc23)=CC(N)C1. The molecule has 0 saturated heterocycles. The zero-order valence-corrected chi connectivity index (χ0v) is 11.8. The van der Waals surface area contributed by atoms with Gasteiger partial charge in [-0.1, -0.05) is 38.1 Å². The molecule has 1 heterocycles. The minimum atomic E-state index is 0.193. The van der Waals surface area contributed by atoms with Crippen molar-refractivity contribution >= 4 is 27.0 Å². The van der Waals surface area contributed by atoms with E-state index in [9.17, 15) is 0 Å². The molecule has 1 unspecified atom stereocenters. The van der Waals surface area contributed by atoms with Crippen LogP contribution in [0.2, 0.25) is 0 Å². The van der Waals surface area contributed by atoms with Gasteiger partial charge in [-0.3, -0.25) is 0 Å². The van der Waals surface area contributed by atoms with Gasteiger partial charge in [0.25, 0.3) is 0 Å². The van der Waals surface area contributed by atoms with Gasteiger partial charge in [-0.15, -0.1) is 11.3 Å². The van der Waals surface area contributed by atoms with Crippen LogP contribution in [-0.4, -0.2) is 6.04 Å². The summed E-state index contributed by atoms with van der Waals surface area (Å²) in [7, 11) is 0. The minimum absolute atomic E-state index is 0.193. The van der Waals surface area contributed by atoms with Crippen LogP contribution < -0.4 is 5.73 Å². The molecule has 1 nitrogen and oxygen atoms in total. The lowest BCUT2D eigenvalue weighted by molar-refractivity contribution is 0.319. The third-order valence-corrected chi connectivity index (χ3v) is 4.66. The number of thiophene rings is 1. The zero-order valence-electron chi connectivity index (χ0n) is 10.9. The average molecular weight is 257 g/mol. The molecule has 18 heavy (non-hydrogen) atoms. The van der Waals surface area contributed by atoms with Gasteiger partial charge in [-0.2, -0.15) is 0 Å². The van der Waals surface area contributed by atoms with Crippen molar-refractivity contribution in [1.29, 1.82) is 0 Å². The van der Waals surface area contributed by atoms with Crippen LogP contribution in [0.4, 0.5) is 0 Å². The molecule has 0 aliphatic heterocycles. The van der Waals surface area contributed by atoms with Crippen molar-refractivity contribution in [3.05, 3.63) is 41.3 Å². The first-order chi connectivity index (χ1) is 8.55. The van der Waals surface area contributed by atoms with Gasteiger partial charge in [-0.25, -0.2) is 0 Å². The van der Waals surface area contributed by atoms with Gasteiger partial charge >= 0.3 is 0 Å². The van der Waals surface area contributed by atoms with Crippen molar-refractivity contribution in [3.8, 4) is 0 Å². The number of benzene rings is 1. The standard InChI is InChI=1S/C16H19NS/c1-16(2)9-12(8-13(17)10-16)14-5-3-4-11-6-7-18-15(11)14/h3-8,13H,9-10,17H2,1-2H3. The van der Waals surface area contributed by atoms with Crippen LogP contribution in [-0.2, 0) is 0 Å². The highest BCUT2D eigenvalue weighted by Crippen LogP contribution is 2.41. The van der Waals surface area contributed by atoms with Crippen molar-refractivity contribution in [2.75, 3.05) is 0 Å². The molecule has 1 aliphatic carbocycles. The summed E-state index contributed by atoms with van der Waals surface area (Å²) < 4.78 is 1.40. The lowest BCUT2D eigenvalue weighted by Gasteiger charge is -2.33. The normalized spacial score (nSPS) is 23.1. The van der Waals surface area contributed by atoms with E-state index in [1.165, 1.54) is 21.2 Å². The van der Waals surface area contributed by atoms with E-state index in [1.807, 2.05) is 11.3 Å². The molecule has 0 saturated carbocycles. The summed E-state index contributed by atoms with van der Waals surface area (Å²) in [6.07, 6.45) is 4.47. The average Bonchev–Trinajstić information content (AvgIpc) is 2.73. The van der Waals surface area contributed by atoms with E-state index >= 15 is 0 Å². The first-order valence-electron chi connectivity index (χ1n) is 6.48. The number of hydrogen-bond donors (Lipinski definition) is 1. The smallest absolute Gasteiger partial charge is 0.0417 e. The summed E-state index contributed by atoms with van der Waals surface area (Å²) in [5.41, 5.74) is 9.30. The number of rotatable bonds is 1. The van der Waals surface area contributed by atoms with Gasteiger partial charge in [0.05, 0.1) is 0 Å². The molecule has 2 aromatic rings. The van der Waals surface area contributed by atoms with Crippen LogP contribution in [0.1, 0.15) is 32.3 Å². The fraction of sp³-hybridized carbons (Fsp3) is 0.375. The Morgan fingerprint density at radius 3 is 2.89 bits per heavy atom. The third kappa shape index (κ3) is 2.11. The highest BCUT2D eigenvalue weighted by molar-refractivity contribution is 7.17. The molecule has 0 radical (unpaired) electrons. The Morgan fingerprint density at radius 1 is 1.28 bits per heavy atom. The van der Waals surface area contributed by atoms with Crippen LogP contribution in [0, 0.1) is 5.41 Å². The quantitative estimate of drug-likeness (QED) is 0.803. The maximum Gasteiger partial charge on any atom is 0.0417 e. The topological polar surface area (TPSA) is 26.0 Å². The predicted molar refractivity (Wildman–Crippen MR) is 80.8 cm³/mol. The Labute approximate surface area is 112 Å². The molecule has 1 aliphatic rings. The molecule has 2 N–H and O–H groups in total. The van der Waals surface area contributed by atoms with Crippen molar-refractivity contribution in [2.45, 2.75) is 32.7 Å². The summed E-state index contributed by atoms with van der Waals surface area (Å²) in [5.74, 6) is 0. The van der Waals surface area contributed by atoms with E-state index in [0.29, 0.717) is 5.41 Å². The molecular formula is C16H19NS. The molecular weight excluding hydrogens is 238 g/mol. The van der Waals surface area contributed by atoms with E-state index in [1.54, 1.807) is 0 Å². The monoisotopic (exact) mass is 257 g/mol. The van der Waals surface area contributed by atoms with E-state index in [4.69, 9.17) is 5.73 Å². The van der Waals surface area contributed by atoms with Crippen molar-refractivity contribution in [2.24, 2.45) is 11.1 Å². The lowest BCUT2D eigenvalue weighted by atomic mass is 9.74. The predicted octanol–water partition coefficient (Wildman–Crippen LogP) is 4.43. The summed E-state index contributed by atoms with van der Waals surface area (Å²) in [6.45, 7) is 4.63. The molecule has 1 aromatic carbocycles. The van der Waals surface area contributed by atoms with E-state index in [0.717, 1.165) is 12.8 Å². The van der Waals surface area contributed by atoms with Gasteiger partial charge in [0.1, 0.15) is 0 Å². The number of hydrogen-bond acceptors (Lipinski definition) is 2. The molecule has 0 fully saturated rings. The van der Waals surface area contributed by atoms with Crippen molar-refractivity contribution in [3.63, 3.8) is 0 Å². The highest BCUT2D eigenvalue weighted by atomic mass is 32.1. The number of allylic oxidation sites excluding steroid dienone is 1. The van der Waals surface area contributed by atoms with E-state index in [-0.39, 0.29) is 6.04 Å². The minimum Gasteiger partial charge on any atom is -0.324 e. The Hall–Kier alpha value is -1.12. The third-order valence-electron chi connectivity index (χ3n) is 3.70. The van der Waals surface area contributed by atoms with Gasteiger partial charge in [0.2, 0.25) is 0 Å². The molecule has 1 aromatic heterocycles. The lowest BCUT2D eigenvalue weighted by Crippen LogP contribution is -2.30. The van der Waals surface area contributed by atoms with Gasteiger partial charge in [0, 0.05) is 10.7 Å². The largest absolute Gasteiger partial charge is 0.324 e. The maximum absolute atomic E-state index is 6.18. The van der Waals surface area contributed by atoms with Crippen molar-refractivity contribution < 1.29 is 0 Å².